The van der Waals surface area contributed by atoms with Crippen LogP contribution in [0.2, 0.25) is 0 Å². The van der Waals surface area contributed by atoms with E-state index in [0.717, 1.165) is 30.7 Å². The minimum absolute atomic E-state index is 0.151. The van der Waals surface area contributed by atoms with Gasteiger partial charge in [0.2, 0.25) is 0 Å². The predicted molar refractivity (Wildman–Crippen MR) is 78.1 cm³/mol. The summed E-state index contributed by atoms with van der Waals surface area (Å²) in [5, 5.41) is 19.3. The zero-order valence-corrected chi connectivity index (χ0v) is 11.7. The molecule has 3 rings (SSSR count). The van der Waals surface area contributed by atoms with Crippen molar-refractivity contribution in [2.45, 2.75) is 12.5 Å². The molecule has 0 amide bonds. The number of hydrogen-bond donors (Lipinski definition) is 2. The van der Waals surface area contributed by atoms with Crippen LogP contribution in [0.25, 0.3) is 11.0 Å². The van der Waals surface area contributed by atoms with E-state index in [9.17, 15) is 10.0 Å². The lowest BCUT2D eigenvalue weighted by molar-refractivity contribution is 0.315. The summed E-state index contributed by atoms with van der Waals surface area (Å²) in [6, 6.07) is 3.91. The highest BCUT2D eigenvalue weighted by atomic mass is 16.4. The Bertz CT molecular complexity index is 614. The number of nitrogens with zero attached hydrogens (tertiary/aromatic N) is 3. The van der Waals surface area contributed by atoms with E-state index in [-0.39, 0.29) is 5.66 Å². The molecule has 0 bridgehead atoms. The first-order valence-corrected chi connectivity index (χ1v) is 6.72. The molecule has 0 radical (unpaired) electrons. The van der Waals surface area contributed by atoms with Gasteiger partial charge in [-0.05, 0) is 32.6 Å². The molecule has 2 aromatic rings. The highest BCUT2D eigenvalue weighted by Gasteiger charge is 2.27. The molecule has 0 saturated carbocycles. The minimum atomic E-state index is -1.59. The van der Waals surface area contributed by atoms with Crippen molar-refractivity contribution < 1.29 is 14.5 Å². The van der Waals surface area contributed by atoms with Gasteiger partial charge in [0, 0.05) is 25.3 Å². The van der Waals surface area contributed by atoms with Crippen molar-refractivity contribution >= 4 is 29.6 Å². The van der Waals surface area contributed by atoms with Crippen LogP contribution in [0.15, 0.2) is 22.7 Å². The molecule has 20 heavy (non-hydrogen) atoms. The average molecular weight is 275 g/mol. The summed E-state index contributed by atoms with van der Waals surface area (Å²) in [4.78, 5) is 8.88. The van der Waals surface area contributed by atoms with E-state index in [1.54, 1.807) is 18.3 Å². The fourth-order valence-corrected chi connectivity index (χ4v) is 2.70. The van der Waals surface area contributed by atoms with Crippen LogP contribution < -0.4 is 10.6 Å². The topological polar surface area (TPSA) is 73.0 Å². The molecule has 1 fully saturated rings. The number of furan rings is 1. The molecule has 1 aliphatic heterocycles. The SMILES string of the molecule is CN(C)C1CCN(c2nccc3oc(B(O)O)cc23)C1. The maximum absolute atomic E-state index is 9.22. The largest absolute Gasteiger partial charge is 0.526 e. The molecule has 1 unspecified atom stereocenters. The van der Waals surface area contributed by atoms with Crippen molar-refractivity contribution in [3.8, 4) is 0 Å². The lowest BCUT2D eigenvalue weighted by Crippen LogP contribution is -2.31. The molecular weight excluding hydrogens is 257 g/mol. The lowest BCUT2D eigenvalue weighted by Gasteiger charge is -2.21. The number of aromatic nitrogens is 1. The third kappa shape index (κ3) is 2.28. The first-order chi connectivity index (χ1) is 9.56. The maximum Gasteiger partial charge on any atom is 0.526 e. The van der Waals surface area contributed by atoms with E-state index >= 15 is 0 Å². The normalized spacial score (nSPS) is 19.2. The van der Waals surface area contributed by atoms with E-state index in [4.69, 9.17) is 4.42 Å². The fourth-order valence-electron chi connectivity index (χ4n) is 2.70. The van der Waals surface area contributed by atoms with Crippen LogP contribution in [0.1, 0.15) is 6.42 Å². The summed E-state index contributed by atoms with van der Waals surface area (Å²) in [6.07, 6.45) is 2.79. The van der Waals surface area contributed by atoms with Crippen LogP contribution in [0.3, 0.4) is 0 Å². The van der Waals surface area contributed by atoms with Crippen LogP contribution in [-0.4, -0.2) is 60.3 Å². The molecule has 1 saturated heterocycles. The first-order valence-electron chi connectivity index (χ1n) is 6.72. The van der Waals surface area contributed by atoms with E-state index in [1.165, 1.54) is 0 Å². The summed E-state index contributed by atoms with van der Waals surface area (Å²) in [5.41, 5.74) is 0.781. The van der Waals surface area contributed by atoms with Gasteiger partial charge in [-0.2, -0.15) is 0 Å². The second-order valence-corrected chi connectivity index (χ2v) is 5.42. The second kappa shape index (κ2) is 5.08. The molecule has 3 heterocycles. The lowest BCUT2D eigenvalue weighted by atomic mass is 9.88. The van der Waals surface area contributed by atoms with Gasteiger partial charge in [-0.1, -0.05) is 0 Å². The first kappa shape index (κ1) is 13.4. The Kier molecular flexibility index (Phi) is 3.41. The van der Waals surface area contributed by atoms with Gasteiger partial charge in [0.15, 0.2) is 0 Å². The number of fused-ring (bicyclic) bond motifs is 1. The molecule has 106 valence electrons. The Morgan fingerprint density at radius 1 is 1.45 bits per heavy atom. The van der Waals surface area contributed by atoms with Gasteiger partial charge in [-0.3, -0.25) is 0 Å². The van der Waals surface area contributed by atoms with E-state index in [2.05, 4.69) is 28.9 Å². The van der Waals surface area contributed by atoms with Gasteiger partial charge in [-0.15, -0.1) is 0 Å². The number of likely N-dealkylation sites (N-methyl/N-ethyl adjacent to an activating group) is 1. The highest BCUT2D eigenvalue weighted by molar-refractivity contribution is 6.57. The average Bonchev–Trinajstić information content (AvgIpc) is 3.05. The molecule has 0 spiro atoms. The summed E-state index contributed by atoms with van der Waals surface area (Å²) < 4.78 is 5.43. The molecular formula is C13H18BN3O3. The van der Waals surface area contributed by atoms with Gasteiger partial charge in [-0.25, -0.2) is 4.98 Å². The molecule has 1 atom stereocenters. The second-order valence-electron chi connectivity index (χ2n) is 5.42. The van der Waals surface area contributed by atoms with Crippen molar-refractivity contribution in [2.75, 3.05) is 32.1 Å². The molecule has 0 aliphatic carbocycles. The predicted octanol–water partition coefficient (Wildman–Crippen LogP) is -0.352. The van der Waals surface area contributed by atoms with Crippen molar-refractivity contribution in [1.82, 2.24) is 9.88 Å². The third-order valence-corrected chi connectivity index (χ3v) is 3.89. The van der Waals surface area contributed by atoms with Crippen molar-refractivity contribution in [2.24, 2.45) is 0 Å². The molecule has 2 aromatic heterocycles. The molecule has 7 heteroatoms. The van der Waals surface area contributed by atoms with Crippen LogP contribution >= 0.6 is 0 Å². The molecule has 2 N–H and O–H groups in total. The molecule has 1 aliphatic rings. The van der Waals surface area contributed by atoms with E-state index < -0.39 is 7.12 Å². The number of pyridine rings is 1. The summed E-state index contributed by atoms with van der Waals surface area (Å²) in [7, 11) is 2.57. The molecule has 0 aromatic carbocycles. The Hall–Kier alpha value is -1.57. The zero-order valence-electron chi connectivity index (χ0n) is 11.7. The Morgan fingerprint density at radius 2 is 2.25 bits per heavy atom. The van der Waals surface area contributed by atoms with Gasteiger partial charge in [0.25, 0.3) is 0 Å². The van der Waals surface area contributed by atoms with Crippen molar-refractivity contribution in [3.63, 3.8) is 0 Å². The summed E-state index contributed by atoms with van der Waals surface area (Å²) >= 11 is 0. The Morgan fingerprint density at radius 3 is 2.90 bits per heavy atom. The van der Waals surface area contributed by atoms with Crippen molar-refractivity contribution in [1.29, 1.82) is 0 Å². The van der Waals surface area contributed by atoms with Crippen LogP contribution in [0.5, 0.6) is 0 Å². The monoisotopic (exact) mass is 275 g/mol. The smallest absolute Gasteiger partial charge is 0.464 e. The Labute approximate surface area is 117 Å². The Balaban J connectivity index is 1.96. The van der Waals surface area contributed by atoms with E-state index in [1.807, 2.05) is 0 Å². The number of hydrogen-bond acceptors (Lipinski definition) is 6. The number of rotatable bonds is 3. The molecule has 6 nitrogen and oxygen atoms in total. The van der Waals surface area contributed by atoms with Crippen LogP contribution in [0.4, 0.5) is 5.82 Å². The third-order valence-electron chi connectivity index (χ3n) is 3.89. The minimum Gasteiger partial charge on any atom is -0.464 e. The van der Waals surface area contributed by atoms with Crippen LogP contribution in [0, 0.1) is 0 Å². The van der Waals surface area contributed by atoms with Gasteiger partial charge in [0.1, 0.15) is 17.1 Å². The van der Waals surface area contributed by atoms with Gasteiger partial charge < -0.3 is 24.3 Å². The summed E-state index contributed by atoms with van der Waals surface area (Å²) in [6.45, 7) is 1.86. The highest BCUT2D eigenvalue weighted by Crippen LogP contribution is 2.28. The standard InChI is InChI=1S/C13H18BN3O3/c1-16(2)9-4-6-17(8-9)13-10-7-12(14(18)19)20-11(10)3-5-15-13/h3,5,7,9,18-19H,4,6,8H2,1-2H3. The van der Waals surface area contributed by atoms with Crippen LogP contribution in [-0.2, 0) is 0 Å². The number of anilines is 1. The van der Waals surface area contributed by atoms with Crippen molar-refractivity contribution in [3.05, 3.63) is 18.3 Å². The van der Waals surface area contributed by atoms with E-state index in [0.29, 0.717) is 11.6 Å². The fraction of sp³-hybridized carbons (Fsp3) is 0.462. The summed E-state index contributed by atoms with van der Waals surface area (Å²) in [5.74, 6) is 0.850. The maximum atomic E-state index is 9.22. The zero-order chi connectivity index (χ0) is 14.3. The van der Waals surface area contributed by atoms with Gasteiger partial charge >= 0.3 is 7.12 Å². The quantitative estimate of drug-likeness (QED) is 0.746. The van der Waals surface area contributed by atoms with Gasteiger partial charge in [0.05, 0.1) is 5.39 Å².